The van der Waals surface area contributed by atoms with Gasteiger partial charge < -0.3 is 19.4 Å². The molecule has 1 saturated heterocycles. The molecular weight excluding hydrogens is 444 g/mol. The molecule has 0 spiro atoms. The fourth-order valence-corrected chi connectivity index (χ4v) is 3.87. The molecule has 1 fully saturated rings. The molecule has 0 bridgehead atoms. The minimum absolute atomic E-state index is 0.0369. The van der Waals surface area contributed by atoms with Crippen LogP contribution in [0.4, 0.5) is 0 Å². The van der Waals surface area contributed by atoms with E-state index in [1.807, 2.05) is 56.3 Å². The summed E-state index contributed by atoms with van der Waals surface area (Å²) in [5.74, 6) is -0.156. The van der Waals surface area contributed by atoms with Gasteiger partial charge in [-0.25, -0.2) is 4.98 Å². The maximum Gasteiger partial charge on any atom is 0.274 e. The number of nitrogens with zero attached hydrogens (tertiary/aromatic N) is 6. The van der Waals surface area contributed by atoms with Gasteiger partial charge in [0.05, 0.1) is 25.1 Å². The van der Waals surface area contributed by atoms with Crippen molar-refractivity contribution in [2.24, 2.45) is 0 Å². The highest BCUT2D eigenvalue weighted by atomic mass is 16.5. The molecule has 0 aliphatic carbocycles. The number of aryl methyl sites for hydroxylation is 1. The van der Waals surface area contributed by atoms with Crippen LogP contribution in [0.15, 0.2) is 42.7 Å². The minimum atomic E-state index is -0.193. The molecule has 0 N–H and O–H groups in total. The lowest BCUT2D eigenvalue weighted by atomic mass is 10.2. The molecule has 0 radical (unpaired) electrons. The molecule has 1 aliphatic rings. The summed E-state index contributed by atoms with van der Waals surface area (Å²) in [7, 11) is 4.00. The predicted molar refractivity (Wildman–Crippen MR) is 135 cm³/mol. The van der Waals surface area contributed by atoms with Crippen LogP contribution >= 0.6 is 0 Å². The number of carbonyl (C=O) groups excluding carboxylic acids is 2. The van der Waals surface area contributed by atoms with E-state index >= 15 is 0 Å². The molecule has 9 nitrogen and oxygen atoms in total. The first kappa shape index (κ1) is 26.7. The van der Waals surface area contributed by atoms with Gasteiger partial charge in [0.2, 0.25) is 5.91 Å². The quantitative estimate of drug-likeness (QED) is 0.454. The third-order valence-electron chi connectivity index (χ3n) is 6.06. The largest absolute Gasteiger partial charge is 0.379 e. The second-order valence-corrected chi connectivity index (χ2v) is 9.14. The van der Waals surface area contributed by atoms with E-state index in [4.69, 9.17) is 4.74 Å². The maximum absolute atomic E-state index is 13.3. The lowest BCUT2D eigenvalue weighted by Crippen LogP contribution is -2.44. The molecule has 35 heavy (non-hydrogen) atoms. The summed E-state index contributed by atoms with van der Waals surface area (Å²) in [6.45, 7) is 8.50. The van der Waals surface area contributed by atoms with Crippen molar-refractivity contribution in [3.63, 3.8) is 0 Å². The topological polar surface area (TPSA) is 82.1 Å². The average molecular weight is 483 g/mol. The monoisotopic (exact) mass is 482 g/mol. The fourth-order valence-electron chi connectivity index (χ4n) is 3.87. The van der Waals surface area contributed by atoms with Crippen molar-refractivity contribution in [1.82, 2.24) is 29.6 Å². The zero-order chi connectivity index (χ0) is 25.0. The number of likely N-dealkylation sites (N-methyl/N-ethyl adjacent to an activating group) is 1. The molecule has 1 aromatic heterocycles. The first-order valence-electron chi connectivity index (χ1n) is 12.3. The van der Waals surface area contributed by atoms with Crippen molar-refractivity contribution in [3.05, 3.63) is 59.7 Å². The molecule has 2 aromatic rings. The van der Waals surface area contributed by atoms with Gasteiger partial charge in [0.1, 0.15) is 5.69 Å². The van der Waals surface area contributed by atoms with Crippen molar-refractivity contribution < 1.29 is 14.3 Å². The van der Waals surface area contributed by atoms with E-state index in [9.17, 15) is 9.59 Å². The number of carbonyl (C=O) groups is 2. The van der Waals surface area contributed by atoms with Crippen LogP contribution in [0.1, 0.15) is 28.2 Å². The molecule has 2 amide bonds. The Morgan fingerprint density at radius 1 is 0.943 bits per heavy atom. The predicted octanol–water partition coefficient (Wildman–Crippen LogP) is 1.54. The summed E-state index contributed by atoms with van der Waals surface area (Å²) in [6, 6.07) is 10.0. The summed E-state index contributed by atoms with van der Waals surface area (Å²) in [4.78, 5) is 43.0. The number of hydrogen-bond donors (Lipinski definition) is 0. The highest BCUT2D eigenvalue weighted by Gasteiger charge is 2.22. The number of benzene rings is 1. The van der Waals surface area contributed by atoms with Gasteiger partial charge in [0.25, 0.3) is 5.91 Å². The summed E-state index contributed by atoms with van der Waals surface area (Å²) < 4.78 is 5.43. The summed E-state index contributed by atoms with van der Waals surface area (Å²) in [5, 5.41) is 0. The van der Waals surface area contributed by atoms with E-state index in [0.29, 0.717) is 45.1 Å². The van der Waals surface area contributed by atoms with Crippen molar-refractivity contribution in [2.75, 3.05) is 73.1 Å². The van der Waals surface area contributed by atoms with Crippen LogP contribution < -0.4 is 0 Å². The Labute approximate surface area is 208 Å². The number of amides is 2. The summed E-state index contributed by atoms with van der Waals surface area (Å²) >= 11 is 0. The minimum Gasteiger partial charge on any atom is -0.379 e. The van der Waals surface area contributed by atoms with Gasteiger partial charge in [-0.15, -0.1) is 0 Å². The van der Waals surface area contributed by atoms with Crippen molar-refractivity contribution in [1.29, 1.82) is 0 Å². The first-order valence-corrected chi connectivity index (χ1v) is 12.3. The first-order chi connectivity index (χ1) is 16.9. The molecular formula is C26H38N6O3. The Hall–Kier alpha value is -2.88. The maximum atomic E-state index is 13.3. The van der Waals surface area contributed by atoms with Crippen LogP contribution in [0.3, 0.4) is 0 Å². The Bertz CT molecular complexity index is 916. The van der Waals surface area contributed by atoms with Gasteiger partial charge in [0, 0.05) is 65.0 Å². The Morgan fingerprint density at radius 3 is 2.34 bits per heavy atom. The number of ether oxygens (including phenoxy) is 1. The zero-order valence-electron chi connectivity index (χ0n) is 21.2. The van der Waals surface area contributed by atoms with E-state index < -0.39 is 0 Å². The third kappa shape index (κ3) is 9.01. The normalized spacial score (nSPS) is 14.2. The number of hydrogen-bond acceptors (Lipinski definition) is 7. The summed E-state index contributed by atoms with van der Waals surface area (Å²) in [6.07, 6.45) is 3.37. The lowest BCUT2D eigenvalue weighted by Gasteiger charge is -2.30. The summed E-state index contributed by atoms with van der Waals surface area (Å²) in [5.41, 5.74) is 2.16. The number of rotatable bonds is 12. The van der Waals surface area contributed by atoms with Gasteiger partial charge in [0.15, 0.2) is 0 Å². The van der Waals surface area contributed by atoms with Crippen molar-refractivity contribution in [3.8, 4) is 0 Å². The van der Waals surface area contributed by atoms with E-state index in [1.165, 1.54) is 6.20 Å². The van der Waals surface area contributed by atoms with Crippen LogP contribution in [0, 0.1) is 6.92 Å². The van der Waals surface area contributed by atoms with Crippen LogP contribution in [-0.2, 0) is 16.1 Å². The van der Waals surface area contributed by atoms with Gasteiger partial charge in [-0.2, -0.15) is 0 Å². The van der Waals surface area contributed by atoms with Crippen LogP contribution in [-0.4, -0.2) is 115 Å². The zero-order valence-corrected chi connectivity index (χ0v) is 21.2. The Kier molecular flexibility index (Phi) is 10.6. The third-order valence-corrected chi connectivity index (χ3v) is 6.06. The van der Waals surface area contributed by atoms with Crippen LogP contribution in [0.5, 0.6) is 0 Å². The molecule has 2 heterocycles. The number of aromatic nitrogens is 2. The van der Waals surface area contributed by atoms with E-state index in [-0.39, 0.29) is 18.2 Å². The van der Waals surface area contributed by atoms with Crippen molar-refractivity contribution >= 4 is 11.8 Å². The van der Waals surface area contributed by atoms with Crippen molar-refractivity contribution in [2.45, 2.75) is 19.9 Å². The molecule has 0 saturated carbocycles. The molecule has 0 unspecified atom stereocenters. The SMILES string of the molecule is Cc1cnc(C(=O)N(CCC(=O)N(CCN(C)C)Cc2ccccc2)CCN2CCOCC2)cn1. The molecule has 3 rings (SSSR count). The van der Waals surface area contributed by atoms with Gasteiger partial charge in [-0.3, -0.25) is 19.5 Å². The van der Waals surface area contributed by atoms with E-state index in [1.54, 1.807) is 11.1 Å². The van der Waals surface area contributed by atoms with Crippen LogP contribution in [0.25, 0.3) is 0 Å². The smallest absolute Gasteiger partial charge is 0.274 e. The molecule has 1 aromatic carbocycles. The second kappa shape index (κ2) is 13.9. The van der Waals surface area contributed by atoms with E-state index in [2.05, 4.69) is 19.8 Å². The fraction of sp³-hybridized carbons (Fsp3) is 0.538. The highest BCUT2D eigenvalue weighted by molar-refractivity contribution is 5.92. The van der Waals surface area contributed by atoms with Gasteiger partial charge >= 0.3 is 0 Å². The van der Waals surface area contributed by atoms with E-state index in [0.717, 1.165) is 37.4 Å². The van der Waals surface area contributed by atoms with Crippen LogP contribution in [0.2, 0.25) is 0 Å². The molecule has 0 atom stereocenters. The number of morpholine rings is 1. The van der Waals surface area contributed by atoms with Gasteiger partial charge in [-0.05, 0) is 26.6 Å². The standard InChI is InChI=1S/C26H38N6O3/c1-22-19-28-24(20-27-22)26(34)31(14-12-30-15-17-35-18-16-30)10-9-25(33)32(13-11-29(2)3)21-23-7-5-4-6-8-23/h4-8,19-20H,9-18,21H2,1-3H3. The van der Waals surface area contributed by atoms with Gasteiger partial charge in [-0.1, -0.05) is 30.3 Å². The molecule has 1 aliphatic heterocycles. The molecule has 190 valence electrons. The molecule has 9 heteroatoms. The highest BCUT2D eigenvalue weighted by Crippen LogP contribution is 2.09. The Morgan fingerprint density at radius 2 is 1.69 bits per heavy atom. The average Bonchev–Trinajstić information content (AvgIpc) is 2.87. The Balaban J connectivity index is 1.66. The second-order valence-electron chi connectivity index (χ2n) is 9.14. The lowest BCUT2D eigenvalue weighted by molar-refractivity contribution is -0.132.